The summed E-state index contributed by atoms with van der Waals surface area (Å²) in [5, 5.41) is 10.9. The van der Waals surface area contributed by atoms with Gasteiger partial charge in [-0.25, -0.2) is 4.68 Å². The molecule has 0 radical (unpaired) electrons. The normalized spacial score (nSPS) is 15.2. The molecule has 1 aliphatic heterocycles. The highest BCUT2D eigenvalue weighted by molar-refractivity contribution is 7.98. The predicted molar refractivity (Wildman–Crippen MR) is 108 cm³/mol. The van der Waals surface area contributed by atoms with Crippen molar-refractivity contribution in [2.24, 2.45) is 0 Å². The van der Waals surface area contributed by atoms with Gasteiger partial charge in [-0.05, 0) is 23.8 Å². The van der Waals surface area contributed by atoms with Gasteiger partial charge in [-0.15, -0.1) is 5.10 Å². The first-order valence-corrected chi connectivity index (χ1v) is 9.94. The number of hydrogen-bond donors (Lipinski definition) is 2. The summed E-state index contributed by atoms with van der Waals surface area (Å²) in [4.78, 5) is 28.9. The highest BCUT2D eigenvalue weighted by Crippen LogP contribution is 2.29. The van der Waals surface area contributed by atoms with Gasteiger partial charge in [0, 0.05) is 16.5 Å². The molecule has 142 valence electrons. The first-order valence-electron chi connectivity index (χ1n) is 8.58. The largest absolute Gasteiger partial charge is 0.326 e. The van der Waals surface area contributed by atoms with E-state index in [-0.39, 0.29) is 18.2 Å². The van der Waals surface area contributed by atoms with Gasteiger partial charge in [0.05, 0.1) is 6.42 Å². The number of thioether (sulfide) groups is 1. The number of nitrogens with zero attached hydrogens (tertiary/aromatic N) is 3. The van der Waals surface area contributed by atoms with E-state index in [1.54, 1.807) is 24.3 Å². The van der Waals surface area contributed by atoms with Crippen LogP contribution in [0.5, 0.6) is 0 Å². The molecule has 0 bridgehead atoms. The number of halogens is 1. The number of rotatable bonds is 6. The van der Waals surface area contributed by atoms with Crippen LogP contribution in [-0.2, 0) is 15.3 Å². The summed E-state index contributed by atoms with van der Waals surface area (Å²) in [6.07, 6.45) is -0.0441. The Morgan fingerprint density at radius 1 is 1.21 bits per heavy atom. The molecule has 1 atom stereocenters. The summed E-state index contributed by atoms with van der Waals surface area (Å²) >= 11 is 7.40. The average Bonchev–Trinajstić information content (AvgIpc) is 3.19. The molecule has 3 aromatic rings. The monoisotopic (exact) mass is 413 g/mol. The Morgan fingerprint density at radius 3 is 2.82 bits per heavy atom. The second-order valence-corrected chi connectivity index (χ2v) is 7.58. The van der Waals surface area contributed by atoms with Crippen LogP contribution in [0.25, 0.3) is 0 Å². The van der Waals surface area contributed by atoms with E-state index in [9.17, 15) is 9.59 Å². The van der Waals surface area contributed by atoms with Gasteiger partial charge in [0.25, 0.3) is 5.91 Å². The molecule has 0 spiro atoms. The van der Waals surface area contributed by atoms with Crippen LogP contribution < -0.4 is 10.6 Å². The minimum absolute atomic E-state index is 0.0441. The van der Waals surface area contributed by atoms with Crippen LogP contribution in [0.1, 0.15) is 18.0 Å². The molecule has 28 heavy (non-hydrogen) atoms. The molecular formula is C19H16ClN5O2S. The quantitative estimate of drug-likeness (QED) is 0.601. The number of amides is 2. The third kappa shape index (κ3) is 4.18. The van der Waals surface area contributed by atoms with E-state index in [2.05, 4.69) is 20.7 Å². The zero-order chi connectivity index (χ0) is 19.5. The Labute approximate surface area is 170 Å². The van der Waals surface area contributed by atoms with E-state index >= 15 is 0 Å². The fourth-order valence-corrected chi connectivity index (χ4v) is 3.80. The lowest BCUT2D eigenvalue weighted by atomic mass is 10.2. The highest BCUT2D eigenvalue weighted by atomic mass is 35.5. The molecule has 0 unspecified atom stereocenters. The van der Waals surface area contributed by atoms with Gasteiger partial charge in [-0.2, -0.15) is 4.98 Å². The van der Waals surface area contributed by atoms with Gasteiger partial charge < -0.3 is 5.32 Å². The maximum atomic E-state index is 12.4. The van der Waals surface area contributed by atoms with Crippen LogP contribution in [0.4, 0.5) is 11.6 Å². The first kappa shape index (κ1) is 18.5. The lowest BCUT2D eigenvalue weighted by molar-refractivity contribution is -0.123. The van der Waals surface area contributed by atoms with Crippen molar-refractivity contribution in [3.63, 3.8) is 0 Å². The molecule has 7 nitrogen and oxygen atoms in total. The zero-order valence-electron chi connectivity index (χ0n) is 14.6. The second-order valence-electron chi connectivity index (χ2n) is 6.20. The predicted octanol–water partition coefficient (Wildman–Crippen LogP) is 3.75. The lowest BCUT2D eigenvalue weighted by Gasteiger charge is -2.10. The molecule has 2 heterocycles. The third-order valence-corrected chi connectivity index (χ3v) is 5.29. The Morgan fingerprint density at radius 2 is 2.04 bits per heavy atom. The minimum Gasteiger partial charge on any atom is -0.326 e. The van der Waals surface area contributed by atoms with E-state index in [4.69, 9.17) is 11.6 Å². The van der Waals surface area contributed by atoms with Gasteiger partial charge >= 0.3 is 0 Å². The Kier molecular flexibility index (Phi) is 5.31. The van der Waals surface area contributed by atoms with E-state index in [1.165, 1.54) is 16.4 Å². The number of benzene rings is 2. The summed E-state index contributed by atoms with van der Waals surface area (Å²) in [7, 11) is 0. The standard InChI is InChI=1S/C19H16ClN5O2S/c20-13-7-4-8-14(9-13)21-16(26)10-15-17(27)22-18-23-19(24-25(15)18)28-11-12-5-2-1-3-6-12/h1-9,15H,10-11H2,(H,21,26)(H,22,23,24,27)/t15-/m1/s1. The number of carbonyl (C=O) groups excluding carboxylic acids is 2. The number of aromatic nitrogens is 3. The number of fused-ring (bicyclic) bond motifs is 1. The van der Waals surface area contributed by atoms with Crippen LogP contribution in [0.3, 0.4) is 0 Å². The first-order chi connectivity index (χ1) is 13.6. The molecule has 0 saturated carbocycles. The topological polar surface area (TPSA) is 88.9 Å². The van der Waals surface area contributed by atoms with Crippen molar-refractivity contribution in [1.29, 1.82) is 0 Å². The lowest BCUT2D eigenvalue weighted by Crippen LogP contribution is -2.23. The van der Waals surface area contributed by atoms with Crippen molar-refractivity contribution < 1.29 is 9.59 Å². The van der Waals surface area contributed by atoms with Gasteiger partial charge in [-0.3, -0.25) is 14.9 Å². The summed E-state index contributed by atoms with van der Waals surface area (Å²) in [5.74, 6) is 0.485. The number of hydrogen-bond acceptors (Lipinski definition) is 5. The fourth-order valence-electron chi connectivity index (χ4n) is 2.83. The smallest absolute Gasteiger partial charge is 0.252 e. The molecular weight excluding hydrogens is 398 g/mol. The Hall–Kier alpha value is -2.84. The maximum Gasteiger partial charge on any atom is 0.252 e. The molecule has 0 aliphatic carbocycles. The van der Waals surface area contributed by atoms with Crippen LogP contribution >= 0.6 is 23.4 Å². The second kappa shape index (κ2) is 8.04. The zero-order valence-corrected chi connectivity index (χ0v) is 16.2. The van der Waals surface area contributed by atoms with Crippen molar-refractivity contribution in [2.45, 2.75) is 23.4 Å². The van der Waals surface area contributed by atoms with Gasteiger partial charge in [0.15, 0.2) is 0 Å². The van der Waals surface area contributed by atoms with Crippen molar-refractivity contribution in [2.75, 3.05) is 10.6 Å². The number of nitrogens with one attached hydrogen (secondary N) is 2. The van der Waals surface area contributed by atoms with E-state index in [0.717, 1.165) is 11.3 Å². The molecule has 0 fully saturated rings. The van der Waals surface area contributed by atoms with Crippen molar-refractivity contribution >= 4 is 46.8 Å². The highest BCUT2D eigenvalue weighted by Gasteiger charge is 2.35. The van der Waals surface area contributed by atoms with Crippen LogP contribution in [0, 0.1) is 0 Å². The van der Waals surface area contributed by atoms with Gasteiger partial charge in [0.1, 0.15) is 6.04 Å². The Bertz CT molecular complexity index is 1020. The van der Waals surface area contributed by atoms with Gasteiger partial charge in [0.2, 0.25) is 17.0 Å². The van der Waals surface area contributed by atoms with E-state index in [1.807, 2.05) is 30.3 Å². The molecule has 2 aromatic carbocycles. The van der Waals surface area contributed by atoms with Crippen LogP contribution in [0.15, 0.2) is 59.8 Å². The molecule has 2 N–H and O–H groups in total. The number of anilines is 2. The SMILES string of the molecule is O=C(C[C@@H]1C(=O)Nc2nc(SCc3ccccc3)nn21)Nc1cccc(Cl)c1. The Balaban J connectivity index is 1.41. The summed E-state index contributed by atoms with van der Waals surface area (Å²) in [6, 6.07) is 16.1. The molecule has 1 aliphatic rings. The third-order valence-electron chi connectivity index (χ3n) is 4.14. The maximum absolute atomic E-state index is 12.4. The number of carbonyl (C=O) groups is 2. The van der Waals surface area contributed by atoms with E-state index in [0.29, 0.717) is 21.8 Å². The van der Waals surface area contributed by atoms with E-state index < -0.39 is 6.04 Å². The summed E-state index contributed by atoms with van der Waals surface area (Å²) in [6.45, 7) is 0. The fraction of sp³-hybridized carbons (Fsp3) is 0.158. The molecule has 4 rings (SSSR count). The summed E-state index contributed by atoms with van der Waals surface area (Å²) in [5.41, 5.74) is 1.73. The molecule has 2 amide bonds. The van der Waals surface area contributed by atoms with Crippen molar-refractivity contribution in [3.05, 3.63) is 65.2 Å². The average molecular weight is 414 g/mol. The molecule has 0 saturated heterocycles. The summed E-state index contributed by atoms with van der Waals surface area (Å²) < 4.78 is 1.48. The van der Waals surface area contributed by atoms with Gasteiger partial charge in [-0.1, -0.05) is 59.8 Å². The van der Waals surface area contributed by atoms with Crippen molar-refractivity contribution in [1.82, 2.24) is 14.8 Å². The molecule has 1 aromatic heterocycles. The van der Waals surface area contributed by atoms with Crippen molar-refractivity contribution in [3.8, 4) is 0 Å². The minimum atomic E-state index is -0.729. The molecule has 9 heteroatoms. The van der Waals surface area contributed by atoms with Crippen LogP contribution in [-0.4, -0.2) is 26.6 Å². The van der Waals surface area contributed by atoms with Crippen LogP contribution in [0.2, 0.25) is 5.02 Å².